The number of hydrogen-bond acceptors (Lipinski definition) is 3. The Morgan fingerprint density at radius 2 is 1.95 bits per heavy atom. The van der Waals surface area contributed by atoms with Crippen LogP contribution in [0.5, 0.6) is 0 Å². The van der Waals surface area contributed by atoms with Crippen molar-refractivity contribution >= 4 is 5.69 Å². The summed E-state index contributed by atoms with van der Waals surface area (Å²) in [6.07, 6.45) is 2.81. The molecule has 0 radical (unpaired) electrons. The number of nitrogens with zero attached hydrogens (tertiary/aromatic N) is 2. The second-order valence-electron chi connectivity index (χ2n) is 4.75. The monoisotopic (exact) mass is 274 g/mol. The van der Waals surface area contributed by atoms with E-state index in [0.717, 1.165) is 17.8 Å². The van der Waals surface area contributed by atoms with Gasteiger partial charge in [0.15, 0.2) is 0 Å². The van der Waals surface area contributed by atoms with E-state index in [1.165, 1.54) is 12.1 Å². The summed E-state index contributed by atoms with van der Waals surface area (Å²) in [5, 5.41) is 9.84. The molecular formula is C16H19FN2O. The molecule has 1 aromatic heterocycles. The molecule has 0 fully saturated rings. The van der Waals surface area contributed by atoms with Crippen molar-refractivity contribution in [2.75, 3.05) is 11.4 Å². The summed E-state index contributed by atoms with van der Waals surface area (Å²) in [7, 11) is 0. The highest BCUT2D eigenvalue weighted by molar-refractivity contribution is 5.55. The Morgan fingerprint density at radius 3 is 2.55 bits per heavy atom. The summed E-state index contributed by atoms with van der Waals surface area (Å²) in [6, 6.07) is 8.45. The van der Waals surface area contributed by atoms with Crippen LogP contribution in [-0.2, 0) is 6.54 Å². The van der Waals surface area contributed by atoms with Crippen LogP contribution in [0, 0.1) is 5.82 Å². The van der Waals surface area contributed by atoms with Gasteiger partial charge in [-0.25, -0.2) is 4.39 Å². The zero-order valence-electron chi connectivity index (χ0n) is 11.8. The Morgan fingerprint density at radius 1 is 1.25 bits per heavy atom. The third kappa shape index (κ3) is 3.33. The van der Waals surface area contributed by atoms with Crippen LogP contribution in [0.3, 0.4) is 0 Å². The van der Waals surface area contributed by atoms with Crippen molar-refractivity contribution in [3.63, 3.8) is 0 Å². The first-order valence-corrected chi connectivity index (χ1v) is 6.73. The van der Waals surface area contributed by atoms with Gasteiger partial charge in [-0.1, -0.05) is 0 Å². The topological polar surface area (TPSA) is 36.4 Å². The van der Waals surface area contributed by atoms with Gasteiger partial charge in [0.25, 0.3) is 0 Å². The summed E-state index contributed by atoms with van der Waals surface area (Å²) in [4.78, 5) is 6.11. The molecule has 0 amide bonds. The summed E-state index contributed by atoms with van der Waals surface area (Å²) in [5.41, 5.74) is 2.60. The van der Waals surface area contributed by atoms with Crippen molar-refractivity contribution in [2.45, 2.75) is 26.5 Å². The van der Waals surface area contributed by atoms with Crippen molar-refractivity contribution in [2.24, 2.45) is 0 Å². The number of pyridine rings is 1. The molecule has 0 saturated heterocycles. The van der Waals surface area contributed by atoms with Gasteiger partial charge < -0.3 is 10.0 Å². The van der Waals surface area contributed by atoms with Gasteiger partial charge in [0.2, 0.25) is 0 Å². The maximum absolute atomic E-state index is 13.4. The molecule has 1 atom stereocenters. The van der Waals surface area contributed by atoms with Gasteiger partial charge in [0, 0.05) is 36.7 Å². The molecule has 0 aliphatic heterocycles. The van der Waals surface area contributed by atoms with E-state index in [1.54, 1.807) is 25.4 Å². The highest BCUT2D eigenvalue weighted by Gasteiger charge is 2.14. The number of aliphatic hydroxyl groups excluding tert-OH is 1. The fourth-order valence-corrected chi connectivity index (χ4v) is 2.22. The van der Waals surface area contributed by atoms with Gasteiger partial charge in [0.1, 0.15) is 5.82 Å². The molecule has 0 aliphatic carbocycles. The molecule has 1 N–H and O–H groups in total. The minimum Gasteiger partial charge on any atom is -0.389 e. The fourth-order valence-electron chi connectivity index (χ4n) is 2.22. The van der Waals surface area contributed by atoms with Crippen LogP contribution >= 0.6 is 0 Å². The van der Waals surface area contributed by atoms with Crippen LogP contribution in [0.1, 0.15) is 31.1 Å². The molecule has 2 rings (SSSR count). The van der Waals surface area contributed by atoms with Crippen molar-refractivity contribution in [1.29, 1.82) is 0 Å². The second-order valence-corrected chi connectivity index (χ2v) is 4.75. The first-order valence-electron chi connectivity index (χ1n) is 6.73. The summed E-state index contributed by atoms with van der Waals surface area (Å²) >= 11 is 0. The Balaban J connectivity index is 2.32. The predicted molar refractivity (Wildman–Crippen MR) is 78.0 cm³/mol. The minimum absolute atomic E-state index is 0.329. The quantitative estimate of drug-likeness (QED) is 0.908. The molecule has 0 unspecified atom stereocenters. The van der Waals surface area contributed by atoms with E-state index >= 15 is 0 Å². The van der Waals surface area contributed by atoms with Gasteiger partial charge in [-0.05, 0) is 49.7 Å². The highest BCUT2D eigenvalue weighted by Crippen LogP contribution is 2.28. The molecule has 0 spiro atoms. The van der Waals surface area contributed by atoms with Crippen molar-refractivity contribution in [3.8, 4) is 0 Å². The van der Waals surface area contributed by atoms with Crippen molar-refractivity contribution in [3.05, 3.63) is 59.7 Å². The van der Waals surface area contributed by atoms with Gasteiger partial charge in [-0.2, -0.15) is 0 Å². The van der Waals surface area contributed by atoms with E-state index in [1.807, 2.05) is 19.1 Å². The Kier molecular flexibility index (Phi) is 4.69. The summed E-state index contributed by atoms with van der Waals surface area (Å²) in [6.45, 7) is 5.16. The van der Waals surface area contributed by atoms with E-state index in [-0.39, 0.29) is 5.82 Å². The van der Waals surface area contributed by atoms with E-state index in [4.69, 9.17) is 0 Å². The first kappa shape index (κ1) is 14.5. The maximum Gasteiger partial charge on any atom is 0.123 e. The van der Waals surface area contributed by atoms with E-state index in [9.17, 15) is 9.50 Å². The van der Waals surface area contributed by atoms with Crippen LogP contribution in [-0.4, -0.2) is 16.6 Å². The lowest BCUT2D eigenvalue weighted by Gasteiger charge is -2.26. The Bertz CT molecular complexity index is 558. The average Bonchev–Trinajstić information content (AvgIpc) is 2.46. The Labute approximate surface area is 118 Å². The van der Waals surface area contributed by atoms with E-state index in [2.05, 4.69) is 9.88 Å². The van der Waals surface area contributed by atoms with E-state index in [0.29, 0.717) is 12.1 Å². The zero-order valence-corrected chi connectivity index (χ0v) is 11.8. The molecule has 0 bridgehead atoms. The second kappa shape index (κ2) is 6.48. The molecule has 0 aliphatic rings. The number of hydrogen-bond donors (Lipinski definition) is 1. The number of anilines is 1. The lowest BCUT2D eigenvalue weighted by atomic mass is 10.1. The normalized spacial score (nSPS) is 12.2. The molecule has 4 heteroatoms. The van der Waals surface area contributed by atoms with Crippen molar-refractivity contribution in [1.82, 2.24) is 4.98 Å². The lowest BCUT2D eigenvalue weighted by Crippen LogP contribution is -2.23. The number of benzene rings is 1. The third-order valence-electron chi connectivity index (χ3n) is 3.28. The van der Waals surface area contributed by atoms with Crippen LogP contribution < -0.4 is 4.90 Å². The molecule has 1 aromatic carbocycles. The van der Waals surface area contributed by atoms with Gasteiger partial charge in [-0.3, -0.25) is 4.98 Å². The summed E-state index contributed by atoms with van der Waals surface area (Å²) in [5.74, 6) is -0.329. The SMILES string of the molecule is CCN(Cc1ccncc1)c1ccc(F)cc1[C@@H](C)O. The largest absolute Gasteiger partial charge is 0.389 e. The molecule has 20 heavy (non-hydrogen) atoms. The minimum atomic E-state index is -0.702. The molecule has 3 nitrogen and oxygen atoms in total. The fraction of sp³-hybridized carbons (Fsp3) is 0.312. The number of aliphatic hydroxyl groups is 1. The smallest absolute Gasteiger partial charge is 0.123 e. The number of aromatic nitrogens is 1. The van der Waals surface area contributed by atoms with Crippen LogP contribution in [0.15, 0.2) is 42.7 Å². The molecular weight excluding hydrogens is 255 g/mol. The molecule has 1 heterocycles. The van der Waals surface area contributed by atoms with Gasteiger partial charge in [0.05, 0.1) is 6.10 Å². The third-order valence-corrected chi connectivity index (χ3v) is 3.28. The first-order chi connectivity index (χ1) is 9.61. The van der Waals surface area contributed by atoms with E-state index < -0.39 is 6.10 Å². The lowest BCUT2D eigenvalue weighted by molar-refractivity contribution is 0.199. The Hall–Kier alpha value is -1.94. The number of halogens is 1. The van der Waals surface area contributed by atoms with Crippen LogP contribution in [0.25, 0.3) is 0 Å². The maximum atomic E-state index is 13.4. The van der Waals surface area contributed by atoms with Crippen LogP contribution in [0.4, 0.5) is 10.1 Å². The zero-order chi connectivity index (χ0) is 14.5. The number of rotatable bonds is 5. The summed E-state index contributed by atoms with van der Waals surface area (Å²) < 4.78 is 13.4. The average molecular weight is 274 g/mol. The predicted octanol–water partition coefficient (Wildman–Crippen LogP) is 3.30. The van der Waals surface area contributed by atoms with Gasteiger partial charge >= 0.3 is 0 Å². The molecule has 2 aromatic rings. The highest BCUT2D eigenvalue weighted by atomic mass is 19.1. The molecule has 0 saturated carbocycles. The standard InChI is InChI=1S/C16H19FN2O/c1-3-19(11-13-6-8-18-9-7-13)16-5-4-14(17)10-15(16)12(2)20/h4-10,12,20H,3,11H2,1-2H3/t12-/m1/s1. The van der Waals surface area contributed by atoms with Gasteiger partial charge in [-0.15, -0.1) is 0 Å². The van der Waals surface area contributed by atoms with Crippen molar-refractivity contribution < 1.29 is 9.50 Å². The van der Waals surface area contributed by atoms with Crippen LogP contribution in [0.2, 0.25) is 0 Å². The molecule has 106 valence electrons.